The van der Waals surface area contributed by atoms with E-state index in [0.29, 0.717) is 0 Å². The van der Waals surface area contributed by atoms with Crippen molar-refractivity contribution < 1.29 is 4.79 Å². The third-order valence-electron chi connectivity index (χ3n) is 2.68. The minimum atomic E-state index is -0.242. The fourth-order valence-electron chi connectivity index (χ4n) is 1.71. The van der Waals surface area contributed by atoms with Crippen molar-refractivity contribution in [1.82, 2.24) is 0 Å². The van der Waals surface area contributed by atoms with E-state index in [4.69, 9.17) is 0 Å². The van der Waals surface area contributed by atoms with Gasteiger partial charge in [-0.1, -0.05) is 46.3 Å². The first-order valence-electron chi connectivity index (χ1n) is 5.78. The lowest BCUT2D eigenvalue weighted by Gasteiger charge is -2.14. The number of halogens is 1. The molecular formula is C15H14BrNO. The molecule has 2 rings (SSSR count). The molecule has 0 saturated heterocycles. The summed E-state index contributed by atoms with van der Waals surface area (Å²) < 4.78 is 1.02. The van der Waals surface area contributed by atoms with Crippen LogP contribution in [0.5, 0.6) is 0 Å². The molecule has 2 aromatic carbocycles. The predicted octanol–water partition coefficient (Wildman–Crippen LogP) is 4.13. The summed E-state index contributed by atoms with van der Waals surface area (Å²) in [4.78, 5) is 12.1. The van der Waals surface area contributed by atoms with Crippen LogP contribution in [0, 0.1) is 0 Å². The van der Waals surface area contributed by atoms with Gasteiger partial charge in [-0.25, -0.2) is 0 Å². The lowest BCUT2D eigenvalue weighted by Crippen LogP contribution is -2.26. The monoisotopic (exact) mass is 303 g/mol. The van der Waals surface area contributed by atoms with Gasteiger partial charge in [0.15, 0.2) is 5.78 Å². The van der Waals surface area contributed by atoms with E-state index in [-0.39, 0.29) is 11.8 Å². The van der Waals surface area contributed by atoms with E-state index >= 15 is 0 Å². The molecule has 0 aliphatic carbocycles. The summed E-state index contributed by atoms with van der Waals surface area (Å²) in [6.07, 6.45) is 0. The van der Waals surface area contributed by atoms with Crippen LogP contribution >= 0.6 is 15.9 Å². The quantitative estimate of drug-likeness (QED) is 0.860. The molecule has 2 nitrogen and oxygen atoms in total. The fraction of sp³-hybridized carbons (Fsp3) is 0.133. The lowest BCUT2D eigenvalue weighted by atomic mass is 10.1. The predicted molar refractivity (Wildman–Crippen MR) is 78.0 cm³/mol. The van der Waals surface area contributed by atoms with Crippen LogP contribution in [-0.4, -0.2) is 11.8 Å². The van der Waals surface area contributed by atoms with E-state index in [1.165, 1.54) is 0 Å². The average molecular weight is 304 g/mol. The molecule has 18 heavy (non-hydrogen) atoms. The molecule has 0 saturated carbocycles. The normalized spacial score (nSPS) is 11.9. The first-order chi connectivity index (χ1) is 8.66. The van der Waals surface area contributed by atoms with Gasteiger partial charge in [0.05, 0.1) is 6.04 Å². The van der Waals surface area contributed by atoms with Crippen LogP contribution in [0.1, 0.15) is 17.3 Å². The van der Waals surface area contributed by atoms with Crippen LogP contribution < -0.4 is 5.32 Å². The lowest BCUT2D eigenvalue weighted by molar-refractivity contribution is 0.0975. The Morgan fingerprint density at radius 1 is 1.06 bits per heavy atom. The standard InChI is InChI=1S/C15H14BrNO/c1-11(15(18)12-5-3-2-4-6-12)17-14-9-7-13(16)8-10-14/h2-11,17H,1H3. The summed E-state index contributed by atoms with van der Waals surface area (Å²) in [7, 11) is 0. The molecule has 0 aliphatic rings. The number of Topliss-reactive ketones (excluding diaryl/α,β-unsaturated/α-hetero) is 1. The van der Waals surface area contributed by atoms with E-state index in [1.54, 1.807) is 0 Å². The maximum atomic E-state index is 12.1. The Balaban J connectivity index is 2.06. The smallest absolute Gasteiger partial charge is 0.184 e. The zero-order valence-electron chi connectivity index (χ0n) is 10.1. The summed E-state index contributed by atoms with van der Waals surface area (Å²) in [5, 5.41) is 3.20. The van der Waals surface area contributed by atoms with Crippen LogP contribution in [0.25, 0.3) is 0 Å². The highest BCUT2D eigenvalue weighted by Crippen LogP contribution is 2.16. The summed E-state index contributed by atoms with van der Waals surface area (Å²) in [5.74, 6) is 0.0959. The Bertz CT molecular complexity index is 522. The summed E-state index contributed by atoms with van der Waals surface area (Å²) in [5.41, 5.74) is 1.67. The van der Waals surface area contributed by atoms with Crippen molar-refractivity contribution in [1.29, 1.82) is 0 Å². The van der Waals surface area contributed by atoms with E-state index in [1.807, 2.05) is 61.5 Å². The van der Waals surface area contributed by atoms with Gasteiger partial charge in [-0.15, -0.1) is 0 Å². The van der Waals surface area contributed by atoms with Crippen LogP contribution in [0.4, 0.5) is 5.69 Å². The van der Waals surface area contributed by atoms with Gasteiger partial charge in [0.25, 0.3) is 0 Å². The van der Waals surface area contributed by atoms with Gasteiger partial charge in [-0.2, -0.15) is 0 Å². The van der Waals surface area contributed by atoms with Gasteiger partial charge in [0.1, 0.15) is 0 Å². The summed E-state index contributed by atoms with van der Waals surface area (Å²) >= 11 is 3.38. The first kappa shape index (κ1) is 12.8. The summed E-state index contributed by atoms with van der Waals surface area (Å²) in [6.45, 7) is 1.87. The SMILES string of the molecule is CC(Nc1ccc(Br)cc1)C(=O)c1ccccc1. The summed E-state index contributed by atoms with van der Waals surface area (Å²) in [6, 6.07) is 16.9. The van der Waals surface area contributed by atoms with Crippen molar-refractivity contribution in [3.8, 4) is 0 Å². The van der Waals surface area contributed by atoms with Crippen molar-refractivity contribution in [3.63, 3.8) is 0 Å². The van der Waals surface area contributed by atoms with Crippen molar-refractivity contribution in [3.05, 3.63) is 64.6 Å². The molecule has 0 heterocycles. The number of nitrogens with one attached hydrogen (secondary N) is 1. The first-order valence-corrected chi connectivity index (χ1v) is 6.57. The van der Waals surface area contributed by atoms with Crippen molar-refractivity contribution >= 4 is 27.4 Å². The third-order valence-corrected chi connectivity index (χ3v) is 3.21. The number of hydrogen-bond donors (Lipinski definition) is 1. The molecule has 1 N–H and O–H groups in total. The second-order valence-electron chi connectivity index (χ2n) is 4.10. The number of rotatable bonds is 4. The molecule has 0 spiro atoms. The Morgan fingerprint density at radius 3 is 2.28 bits per heavy atom. The maximum absolute atomic E-state index is 12.1. The van der Waals surface area contributed by atoms with Crippen molar-refractivity contribution in [2.75, 3.05) is 5.32 Å². The molecule has 92 valence electrons. The number of benzene rings is 2. The van der Waals surface area contributed by atoms with Crippen molar-refractivity contribution in [2.45, 2.75) is 13.0 Å². The minimum Gasteiger partial charge on any atom is -0.375 e. The highest BCUT2D eigenvalue weighted by Gasteiger charge is 2.14. The average Bonchev–Trinajstić information content (AvgIpc) is 2.41. The van der Waals surface area contributed by atoms with Gasteiger partial charge in [0.2, 0.25) is 0 Å². The third kappa shape index (κ3) is 3.20. The maximum Gasteiger partial charge on any atom is 0.184 e. The Hall–Kier alpha value is -1.61. The van der Waals surface area contributed by atoms with Gasteiger partial charge >= 0.3 is 0 Å². The molecule has 0 aromatic heterocycles. The number of carbonyl (C=O) groups excluding carboxylic acids is 1. The minimum absolute atomic E-state index is 0.0959. The number of anilines is 1. The molecule has 2 aromatic rings. The molecule has 0 fully saturated rings. The van der Waals surface area contributed by atoms with Crippen molar-refractivity contribution in [2.24, 2.45) is 0 Å². The van der Waals surface area contributed by atoms with Gasteiger partial charge in [0, 0.05) is 15.7 Å². The second kappa shape index (κ2) is 5.83. The Labute approximate surface area is 115 Å². The molecule has 1 unspecified atom stereocenters. The zero-order chi connectivity index (χ0) is 13.0. The van der Waals surface area contributed by atoms with Gasteiger partial charge in [-0.3, -0.25) is 4.79 Å². The van der Waals surface area contributed by atoms with E-state index in [2.05, 4.69) is 21.2 Å². The topological polar surface area (TPSA) is 29.1 Å². The van der Waals surface area contributed by atoms with Gasteiger partial charge < -0.3 is 5.32 Å². The fourth-order valence-corrected chi connectivity index (χ4v) is 1.98. The van der Waals surface area contributed by atoms with Crippen LogP contribution in [0.3, 0.4) is 0 Å². The van der Waals surface area contributed by atoms with Crippen LogP contribution in [0.15, 0.2) is 59.1 Å². The highest BCUT2D eigenvalue weighted by atomic mass is 79.9. The molecule has 3 heteroatoms. The van der Waals surface area contributed by atoms with E-state index < -0.39 is 0 Å². The second-order valence-corrected chi connectivity index (χ2v) is 5.02. The zero-order valence-corrected chi connectivity index (χ0v) is 11.6. The largest absolute Gasteiger partial charge is 0.375 e. The van der Waals surface area contributed by atoms with Crippen LogP contribution in [0.2, 0.25) is 0 Å². The van der Waals surface area contributed by atoms with E-state index in [9.17, 15) is 4.79 Å². The molecule has 0 amide bonds. The molecule has 0 radical (unpaired) electrons. The number of hydrogen-bond acceptors (Lipinski definition) is 2. The molecule has 0 aliphatic heterocycles. The number of carbonyl (C=O) groups is 1. The molecule has 1 atom stereocenters. The molecular weight excluding hydrogens is 290 g/mol. The van der Waals surface area contributed by atoms with Gasteiger partial charge in [-0.05, 0) is 31.2 Å². The van der Waals surface area contributed by atoms with E-state index in [0.717, 1.165) is 15.7 Å². The Morgan fingerprint density at radius 2 is 1.67 bits per heavy atom. The van der Waals surface area contributed by atoms with Crippen LogP contribution in [-0.2, 0) is 0 Å². The molecule has 0 bridgehead atoms. The Kier molecular flexibility index (Phi) is 4.15. The highest BCUT2D eigenvalue weighted by molar-refractivity contribution is 9.10. The number of ketones is 1.